The van der Waals surface area contributed by atoms with Crippen molar-refractivity contribution in [1.82, 2.24) is 23.9 Å². The monoisotopic (exact) mass is 1040 g/mol. The van der Waals surface area contributed by atoms with Gasteiger partial charge in [-0.05, 0) is 98.0 Å². The maximum atomic E-state index is 6.64. The zero-order valence-electron chi connectivity index (χ0n) is 38.7. The van der Waals surface area contributed by atoms with Crippen LogP contribution in [0.15, 0.2) is 152 Å². The summed E-state index contributed by atoms with van der Waals surface area (Å²) in [6.45, 7) is 18.1. The van der Waals surface area contributed by atoms with Gasteiger partial charge in [-0.2, -0.15) is 0 Å². The van der Waals surface area contributed by atoms with Gasteiger partial charge >= 0.3 is 21.1 Å². The summed E-state index contributed by atoms with van der Waals surface area (Å²) in [7, 11) is 0. The van der Waals surface area contributed by atoms with Gasteiger partial charge < -0.3 is 13.7 Å². The fraction of sp³-hybridized carbons (Fsp3) is 0.203. The second-order valence-electron chi connectivity index (χ2n) is 18.3. The van der Waals surface area contributed by atoms with Gasteiger partial charge in [-0.3, -0.25) is 15.0 Å². The van der Waals surface area contributed by atoms with Gasteiger partial charge in [-0.15, -0.1) is 29.8 Å². The van der Waals surface area contributed by atoms with E-state index in [9.17, 15) is 0 Å². The third-order valence-corrected chi connectivity index (χ3v) is 12.5. The predicted molar refractivity (Wildman–Crippen MR) is 267 cm³/mol. The van der Waals surface area contributed by atoms with Crippen LogP contribution >= 0.6 is 0 Å². The summed E-state index contributed by atoms with van der Waals surface area (Å²) in [5.74, 6) is 3.85. The Bertz CT molecular complexity index is 3310. The van der Waals surface area contributed by atoms with Gasteiger partial charge in [0, 0.05) is 35.1 Å². The molecule has 6 nitrogen and oxygen atoms in total. The van der Waals surface area contributed by atoms with Crippen molar-refractivity contribution in [3.8, 4) is 62.2 Å². The zero-order valence-corrected chi connectivity index (χ0v) is 41.0. The molecule has 0 fully saturated rings. The molecule has 3 aromatic heterocycles. The van der Waals surface area contributed by atoms with Crippen molar-refractivity contribution in [2.24, 2.45) is 0 Å². The van der Waals surface area contributed by atoms with Gasteiger partial charge in [0.2, 0.25) is 0 Å². The van der Waals surface area contributed by atoms with Crippen molar-refractivity contribution in [3.05, 3.63) is 186 Å². The first-order valence-electron chi connectivity index (χ1n) is 22.9. The van der Waals surface area contributed by atoms with Crippen LogP contribution in [-0.2, 0) is 21.1 Å². The number of nitrogens with zero attached hydrogens (tertiary/aromatic N) is 5. The third kappa shape index (κ3) is 8.17. The number of imidazole rings is 2. The Hall–Kier alpha value is -6.62. The number of hydrogen-bond acceptors (Lipinski definition) is 4. The quantitative estimate of drug-likeness (QED) is 0.121. The molecule has 0 N–H and O–H groups in total. The number of aromatic nitrogens is 5. The smallest absolute Gasteiger partial charge is 0.497 e. The molecule has 0 aliphatic heterocycles. The topological polar surface area (TPSA) is 57.2 Å². The van der Waals surface area contributed by atoms with Gasteiger partial charge in [0.1, 0.15) is 5.82 Å². The van der Waals surface area contributed by atoms with E-state index in [4.69, 9.17) is 19.7 Å². The van der Waals surface area contributed by atoms with Crippen molar-refractivity contribution in [2.45, 2.75) is 79.1 Å². The van der Waals surface area contributed by atoms with Gasteiger partial charge in [-0.25, -0.2) is 0 Å². The minimum atomic E-state index is 0. The number of para-hydroxylation sites is 2. The average Bonchev–Trinajstić information content (AvgIpc) is 3.97. The van der Waals surface area contributed by atoms with E-state index in [0.717, 1.165) is 50.4 Å². The van der Waals surface area contributed by atoms with Crippen LogP contribution in [0, 0.1) is 12.1 Å². The Kier molecular flexibility index (Phi) is 12.4. The van der Waals surface area contributed by atoms with E-state index in [0.29, 0.717) is 11.5 Å². The zero-order chi connectivity index (χ0) is 44.9. The summed E-state index contributed by atoms with van der Waals surface area (Å²) < 4.78 is 11.1. The van der Waals surface area contributed by atoms with Crippen LogP contribution in [0.2, 0.25) is 0 Å². The van der Waals surface area contributed by atoms with E-state index in [-0.39, 0.29) is 44.7 Å². The molecule has 0 saturated carbocycles. The maximum absolute atomic E-state index is 6.64. The fourth-order valence-corrected chi connectivity index (χ4v) is 9.26. The van der Waals surface area contributed by atoms with E-state index in [1.54, 1.807) is 0 Å². The molecule has 3 heterocycles. The molecular weight excluding hydrogens is 990 g/mol. The van der Waals surface area contributed by atoms with E-state index in [1.807, 2.05) is 42.6 Å². The molecule has 66 heavy (non-hydrogen) atoms. The van der Waals surface area contributed by atoms with E-state index in [1.165, 1.54) is 50.2 Å². The summed E-state index contributed by atoms with van der Waals surface area (Å²) >= 11 is 0. The molecule has 0 aliphatic rings. The standard InChI is InChI=1S/C59H53N5O.Pt/c1-36(2)47-31-43(40-18-11-9-12-19-40)32-48(37(3)4)55(47)59-61-52-27-26-46(35-51(52)58-62-53-24-15-16-25-54(53)64(58)59)65-45-23-17-22-42(30-45)57-60-28-29-63(57)56-49(38(5)6)33-44(34-50(56)39(7)8)41-20-13-10-14-21-41;/h9-29,31-34,36-39H,1-8H3;/q-2;+2. The maximum Gasteiger partial charge on any atom is 2.00 e. The van der Waals surface area contributed by atoms with Crippen molar-refractivity contribution >= 4 is 27.6 Å². The SMILES string of the molecule is CC(C)c1cc(-c2ccccc2)cc(C(C)C)c1-c1nc2ccc(Oc3[c-]c(-c4nccn4-c4c(C(C)C)cc(-c5ccccc5)cc4C(C)C)ccc3)[c-]c2c2nc3ccccc3n12.[Pt+2]. The molecule has 0 amide bonds. The van der Waals surface area contributed by atoms with E-state index < -0.39 is 0 Å². The van der Waals surface area contributed by atoms with Crippen LogP contribution in [0.4, 0.5) is 0 Å². The van der Waals surface area contributed by atoms with Crippen LogP contribution in [-0.4, -0.2) is 23.9 Å². The van der Waals surface area contributed by atoms with Gasteiger partial charge in [0.05, 0.1) is 22.5 Å². The Labute approximate surface area is 402 Å². The van der Waals surface area contributed by atoms with Crippen LogP contribution in [0.3, 0.4) is 0 Å². The van der Waals surface area contributed by atoms with Crippen LogP contribution in [0.25, 0.3) is 78.3 Å². The molecule has 10 aromatic rings. The minimum absolute atomic E-state index is 0. The number of benzene rings is 7. The second-order valence-corrected chi connectivity index (χ2v) is 18.3. The normalized spacial score (nSPS) is 11.8. The summed E-state index contributed by atoms with van der Waals surface area (Å²) in [5.41, 5.74) is 16.5. The summed E-state index contributed by atoms with van der Waals surface area (Å²) in [4.78, 5) is 15.7. The first kappa shape index (κ1) is 44.6. The second kappa shape index (κ2) is 18.3. The van der Waals surface area contributed by atoms with E-state index >= 15 is 0 Å². The van der Waals surface area contributed by atoms with Gasteiger partial charge in [0.15, 0.2) is 0 Å². The van der Waals surface area contributed by atoms with Crippen LogP contribution in [0.1, 0.15) is 101 Å². The van der Waals surface area contributed by atoms with Gasteiger partial charge in [0.25, 0.3) is 0 Å². The molecule has 0 atom stereocenters. The molecule has 0 spiro atoms. The van der Waals surface area contributed by atoms with Crippen molar-refractivity contribution in [1.29, 1.82) is 0 Å². The number of fused-ring (bicyclic) bond motifs is 5. The first-order chi connectivity index (χ1) is 31.5. The number of ether oxygens (including phenoxy) is 1. The average molecular weight is 1040 g/mol. The molecule has 0 bridgehead atoms. The van der Waals surface area contributed by atoms with Crippen molar-refractivity contribution in [3.63, 3.8) is 0 Å². The summed E-state index contributed by atoms with van der Waals surface area (Å²) in [6, 6.07) is 56.1. The largest absolute Gasteiger partial charge is 2.00 e. The molecule has 0 aliphatic carbocycles. The molecule has 0 unspecified atom stereocenters. The Morgan fingerprint density at radius 1 is 0.500 bits per heavy atom. The molecule has 7 aromatic carbocycles. The minimum Gasteiger partial charge on any atom is -0.497 e. The first-order valence-corrected chi connectivity index (χ1v) is 22.9. The van der Waals surface area contributed by atoms with Crippen LogP contribution < -0.4 is 4.74 Å². The summed E-state index contributed by atoms with van der Waals surface area (Å²) in [5, 5.41) is 0.786. The summed E-state index contributed by atoms with van der Waals surface area (Å²) in [6.07, 6.45) is 3.94. The Balaban J connectivity index is 0.00000548. The van der Waals surface area contributed by atoms with Crippen molar-refractivity contribution < 1.29 is 25.8 Å². The molecule has 330 valence electrons. The van der Waals surface area contributed by atoms with E-state index in [2.05, 4.69) is 186 Å². The molecule has 7 heteroatoms. The van der Waals surface area contributed by atoms with Gasteiger partial charge in [-0.1, -0.05) is 164 Å². The molecule has 10 rings (SSSR count). The molecular formula is C59H53N5OPt. The fourth-order valence-electron chi connectivity index (χ4n) is 9.26. The molecule has 0 radical (unpaired) electrons. The predicted octanol–water partition coefficient (Wildman–Crippen LogP) is 15.8. The van der Waals surface area contributed by atoms with Crippen molar-refractivity contribution in [2.75, 3.05) is 0 Å². The number of hydrogen-bond donors (Lipinski definition) is 0. The van der Waals surface area contributed by atoms with Crippen LogP contribution in [0.5, 0.6) is 11.5 Å². The third-order valence-electron chi connectivity index (χ3n) is 12.5. The Morgan fingerprint density at radius 3 is 1.67 bits per heavy atom. The number of rotatable bonds is 11. The molecule has 0 saturated heterocycles. The Morgan fingerprint density at radius 2 is 1.06 bits per heavy atom.